The number of methoxy groups -OCH3 is 1. The molecule has 1 heterocycles. The average Bonchev–Trinajstić information content (AvgIpc) is 2.62. The Labute approximate surface area is 76.8 Å². The van der Waals surface area contributed by atoms with Crippen LogP contribution in [0.5, 0.6) is 5.75 Å². The zero-order chi connectivity index (χ0) is 9.26. The van der Waals surface area contributed by atoms with Gasteiger partial charge in [0.1, 0.15) is 5.75 Å². The van der Waals surface area contributed by atoms with Gasteiger partial charge < -0.3 is 9.72 Å². The molecule has 2 aromatic rings. The van der Waals surface area contributed by atoms with Crippen LogP contribution in [0.1, 0.15) is 12.5 Å². The van der Waals surface area contributed by atoms with Crippen LogP contribution in [0.15, 0.2) is 18.5 Å². The Morgan fingerprint density at radius 3 is 3.00 bits per heavy atom. The first-order chi connectivity index (χ1) is 6.35. The van der Waals surface area contributed by atoms with Crippen molar-refractivity contribution in [2.45, 2.75) is 13.3 Å². The molecule has 0 aliphatic rings. The highest BCUT2D eigenvalue weighted by Gasteiger charge is 2.04. The molecule has 0 spiro atoms. The molecule has 0 aliphatic heterocycles. The average molecular weight is 176 g/mol. The minimum absolute atomic E-state index is 0.919. The van der Waals surface area contributed by atoms with Crippen molar-refractivity contribution in [3.63, 3.8) is 0 Å². The number of aromatic amines is 1. The fraction of sp³-hybridized carbons (Fsp3) is 0.300. The first-order valence-electron chi connectivity index (χ1n) is 4.35. The Bertz CT molecular complexity index is 382. The van der Waals surface area contributed by atoms with Gasteiger partial charge in [-0.3, -0.25) is 0 Å². The van der Waals surface area contributed by atoms with E-state index in [-0.39, 0.29) is 0 Å². The largest absolute Gasteiger partial charge is 0.496 e. The lowest BCUT2D eigenvalue weighted by Crippen LogP contribution is -1.90. The molecule has 1 aromatic carbocycles. The number of H-pyrrole nitrogens is 1. The number of hydrogen-bond acceptors (Lipinski definition) is 2. The topological polar surface area (TPSA) is 37.9 Å². The standard InChI is InChI=1S/C10H12N2O/c1-3-7-4-8-9(12-6-11-8)5-10(7)13-2/h4-6H,3H2,1-2H3,(H,11,12). The number of rotatable bonds is 2. The van der Waals surface area contributed by atoms with Gasteiger partial charge in [-0.2, -0.15) is 0 Å². The molecule has 0 saturated carbocycles. The second kappa shape index (κ2) is 3.09. The first-order valence-corrected chi connectivity index (χ1v) is 4.35. The molecule has 0 saturated heterocycles. The third-order valence-corrected chi connectivity index (χ3v) is 2.20. The summed E-state index contributed by atoms with van der Waals surface area (Å²) in [5, 5.41) is 0. The van der Waals surface area contributed by atoms with Crippen LogP contribution >= 0.6 is 0 Å². The molecule has 0 unspecified atom stereocenters. The number of aryl methyl sites for hydroxylation is 1. The molecule has 0 aliphatic carbocycles. The third-order valence-electron chi connectivity index (χ3n) is 2.20. The third kappa shape index (κ3) is 1.26. The second-order valence-electron chi connectivity index (χ2n) is 2.94. The summed E-state index contributed by atoms with van der Waals surface area (Å²) < 4.78 is 5.26. The maximum Gasteiger partial charge on any atom is 0.124 e. The summed E-state index contributed by atoms with van der Waals surface area (Å²) in [4.78, 5) is 7.25. The number of ether oxygens (including phenoxy) is 1. The Kier molecular flexibility index (Phi) is 1.93. The molecule has 3 heteroatoms. The van der Waals surface area contributed by atoms with Crippen molar-refractivity contribution in [3.8, 4) is 5.75 Å². The summed E-state index contributed by atoms with van der Waals surface area (Å²) in [5.41, 5.74) is 3.23. The molecule has 3 nitrogen and oxygen atoms in total. The van der Waals surface area contributed by atoms with Crippen molar-refractivity contribution in [1.29, 1.82) is 0 Å². The van der Waals surface area contributed by atoms with Gasteiger partial charge in [-0.25, -0.2) is 4.98 Å². The normalized spacial score (nSPS) is 10.6. The molecular weight excluding hydrogens is 164 g/mol. The highest BCUT2D eigenvalue weighted by molar-refractivity contribution is 5.77. The first kappa shape index (κ1) is 8.10. The monoisotopic (exact) mass is 176 g/mol. The zero-order valence-electron chi connectivity index (χ0n) is 7.79. The number of nitrogens with zero attached hydrogens (tertiary/aromatic N) is 1. The van der Waals surface area contributed by atoms with E-state index in [1.165, 1.54) is 5.56 Å². The van der Waals surface area contributed by atoms with E-state index in [9.17, 15) is 0 Å². The van der Waals surface area contributed by atoms with Crippen LogP contribution in [-0.2, 0) is 6.42 Å². The van der Waals surface area contributed by atoms with Crippen LogP contribution in [-0.4, -0.2) is 17.1 Å². The smallest absolute Gasteiger partial charge is 0.124 e. The predicted molar refractivity (Wildman–Crippen MR) is 52.0 cm³/mol. The highest BCUT2D eigenvalue weighted by Crippen LogP contribution is 2.23. The molecule has 1 N–H and O–H groups in total. The van der Waals surface area contributed by atoms with Crippen LogP contribution < -0.4 is 4.74 Å². The molecular formula is C10H12N2O. The van der Waals surface area contributed by atoms with Crippen molar-refractivity contribution >= 4 is 11.0 Å². The number of nitrogens with one attached hydrogen (secondary N) is 1. The van der Waals surface area contributed by atoms with Crippen LogP contribution in [0.25, 0.3) is 11.0 Å². The minimum atomic E-state index is 0.919. The maximum absolute atomic E-state index is 5.26. The van der Waals surface area contributed by atoms with E-state index < -0.39 is 0 Å². The van der Waals surface area contributed by atoms with Crippen LogP contribution in [0.3, 0.4) is 0 Å². The summed E-state index contributed by atoms with van der Waals surface area (Å²) in [7, 11) is 1.69. The summed E-state index contributed by atoms with van der Waals surface area (Å²) in [6.45, 7) is 2.11. The van der Waals surface area contributed by atoms with E-state index in [2.05, 4.69) is 23.0 Å². The van der Waals surface area contributed by atoms with Gasteiger partial charge in [0.25, 0.3) is 0 Å². The lowest BCUT2D eigenvalue weighted by atomic mass is 10.1. The van der Waals surface area contributed by atoms with Gasteiger partial charge >= 0.3 is 0 Å². The summed E-state index contributed by atoms with van der Waals surface area (Å²) >= 11 is 0. The van der Waals surface area contributed by atoms with Gasteiger partial charge in [-0.1, -0.05) is 6.92 Å². The van der Waals surface area contributed by atoms with E-state index >= 15 is 0 Å². The van der Waals surface area contributed by atoms with Crippen molar-refractivity contribution in [2.75, 3.05) is 7.11 Å². The predicted octanol–water partition coefficient (Wildman–Crippen LogP) is 2.13. The van der Waals surface area contributed by atoms with Crippen molar-refractivity contribution in [2.24, 2.45) is 0 Å². The summed E-state index contributed by atoms with van der Waals surface area (Å²) in [6, 6.07) is 4.05. The Hall–Kier alpha value is -1.51. The van der Waals surface area contributed by atoms with Crippen LogP contribution in [0.4, 0.5) is 0 Å². The molecule has 0 amide bonds. The molecule has 68 valence electrons. The second-order valence-corrected chi connectivity index (χ2v) is 2.94. The van der Waals surface area contributed by atoms with Crippen LogP contribution in [0, 0.1) is 0 Å². The minimum Gasteiger partial charge on any atom is -0.496 e. The van der Waals surface area contributed by atoms with E-state index in [1.54, 1.807) is 13.4 Å². The van der Waals surface area contributed by atoms with Crippen molar-refractivity contribution < 1.29 is 4.74 Å². The lowest BCUT2D eigenvalue weighted by Gasteiger charge is -2.05. The number of fused-ring (bicyclic) bond motifs is 1. The molecule has 2 rings (SSSR count). The van der Waals surface area contributed by atoms with E-state index in [0.717, 1.165) is 23.2 Å². The van der Waals surface area contributed by atoms with Gasteiger partial charge in [-0.15, -0.1) is 0 Å². The van der Waals surface area contributed by atoms with Gasteiger partial charge in [0.05, 0.1) is 24.5 Å². The molecule has 0 atom stereocenters. The van der Waals surface area contributed by atoms with Gasteiger partial charge in [0, 0.05) is 6.07 Å². The number of benzene rings is 1. The van der Waals surface area contributed by atoms with E-state index in [0.29, 0.717) is 0 Å². The Morgan fingerprint density at radius 2 is 2.31 bits per heavy atom. The summed E-state index contributed by atoms with van der Waals surface area (Å²) in [6.07, 6.45) is 2.67. The van der Waals surface area contributed by atoms with Crippen molar-refractivity contribution in [1.82, 2.24) is 9.97 Å². The van der Waals surface area contributed by atoms with E-state index in [1.807, 2.05) is 6.07 Å². The zero-order valence-corrected chi connectivity index (χ0v) is 7.79. The Balaban J connectivity index is 2.67. The van der Waals surface area contributed by atoms with E-state index in [4.69, 9.17) is 4.74 Å². The number of hydrogen-bond donors (Lipinski definition) is 1. The van der Waals surface area contributed by atoms with Gasteiger partial charge in [0.2, 0.25) is 0 Å². The van der Waals surface area contributed by atoms with Crippen LogP contribution in [0.2, 0.25) is 0 Å². The molecule has 1 aromatic heterocycles. The fourth-order valence-corrected chi connectivity index (χ4v) is 1.47. The van der Waals surface area contributed by atoms with Crippen molar-refractivity contribution in [3.05, 3.63) is 24.0 Å². The SMILES string of the molecule is CCc1cc2[nH]cnc2cc1OC. The molecule has 0 radical (unpaired) electrons. The highest BCUT2D eigenvalue weighted by atomic mass is 16.5. The quantitative estimate of drug-likeness (QED) is 0.761. The molecule has 13 heavy (non-hydrogen) atoms. The maximum atomic E-state index is 5.26. The molecule has 0 bridgehead atoms. The van der Waals surface area contributed by atoms with Gasteiger partial charge in [0.15, 0.2) is 0 Å². The number of aromatic nitrogens is 2. The molecule has 0 fully saturated rings. The lowest BCUT2D eigenvalue weighted by molar-refractivity contribution is 0.411. The summed E-state index contributed by atoms with van der Waals surface area (Å²) in [5.74, 6) is 0.919. The number of imidazole rings is 1. The Morgan fingerprint density at radius 1 is 1.46 bits per heavy atom. The fourth-order valence-electron chi connectivity index (χ4n) is 1.47. The van der Waals surface area contributed by atoms with Gasteiger partial charge in [-0.05, 0) is 18.1 Å².